The van der Waals surface area contributed by atoms with E-state index in [1.165, 1.54) is 0 Å². The quantitative estimate of drug-likeness (QED) is 0.620. The lowest BCUT2D eigenvalue weighted by atomic mass is 10.2. The Kier molecular flexibility index (Phi) is 6.32. The summed E-state index contributed by atoms with van der Waals surface area (Å²) < 4.78 is 14.4. The smallest absolute Gasteiger partial charge is 0.434 e. The van der Waals surface area contributed by atoms with Gasteiger partial charge in [0.25, 0.3) is 0 Å². The van der Waals surface area contributed by atoms with Crippen molar-refractivity contribution in [3.05, 3.63) is 0 Å². The van der Waals surface area contributed by atoms with Gasteiger partial charge in [-0.3, -0.25) is 0 Å². The SMILES string of the molecule is COC(C)COC(=O)OCC(C)C. The number of carbonyl (C=O) groups excluding carboxylic acids is 1. The van der Waals surface area contributed by atoms with Crippen molar-refractivity contribution in [2.75, 3.05) is 20.3 Å². The number of carbonyl (C=O) groups is 1. The van der Waals surface area contributed by atoms with Crippen LogP contribution in [0.5, 0.6) is 0 Å². The molecule has 0 amide bonds. The maximum Gasteiger partial charge on any atom is 0.508 e. The van der Waals surface area contributed by atoms with Gasteiger partial charge in [-0.25, -0.2) is 4.79 Å². The van der Waals surface area contributed by atoms with Gasteiger partial charge in [0, 0.05) is 7.11 Å². The molecule has 0 heterocycles. The zero-order valence-electron chi connectivity index (χ0n) is 8.70. The summed E-state index contributed by atoms with van der Waals surface area (Å²) in [4.78, 5) is 10.9. The number of hydrogen-bond donors (Lipinski definition) is 0. The first-order valence-corrected chi connectivity index (χ1v) is 4.38. The Morgan fingerprint density at radius 2 is 1.69 bits per heavy atom. The topological polar surface area (TPSA) is 44.8 Å². The summed E-state index contributed by atoms with van der Waals surface area (Å²) in [7, 11) is 1.56. The third-order valence-electron chi connectivity index (χ3n) is 1.37. The lowest BCUT2D eigenvalue weighted by molar-refractivity contribution is 0.00531. The van der Waals surface area contributed by atoms with E-state index >= 15 is 0 Å². The van der Waals surface area contributed by atoms with Gasteiger partial charge in [0.05, 0.1) is 12.7 Å². The van der Waals surface area contributed by atoms with E-state index in [-0.39, 0.29) is 12.7 Å². The summed E-state index contributed by atoms with van der Waals surface area (Å²) in [6, 6.07) is 0. The van der Waals surface area contributed by atoms with Crippen molar-refractivity contribution in [1.82, 2.24) is 0 Å². The number of ether oxygens (including phenoxy) is 3. The first kappa shape index (κ1) is 12.2. The highest BCUT2D eigenvalue weighted by atomic mass is 16.7. The van der Waals surface area contributed by atoms with Crippen LogP contribution < -0.4 is 0 Å². The van der Waals surface area contributed by atoms with Crippen molar-refractivity contribution < 1.29 is 19.0 Å². The molecule has 0 bridgehead atoms. The molecule has 0 aromatic heterocycles. The molecule has 0 N–H and O–H groups in total. The second-order valence-corrected chi connectivity index (χ2v) is 3.31. The van der Waals surface area contributed by atoms with Crippen LogP contribution in [0.25, 0.3) is 0 Å². The molecule has 0 aliphatic heterocycles. The molecule has 13 heavy (non-hydrogen) atoms. The van der Waals surface area contributed by atoms with Gasteiger partial charge in [0.15, 0.2) is 0 Å². The molecule has 0 saturated carbocycles. The zero-order chi connectivity index (χ0) is 10.3. The minimum atomic E-state index is -0.627. The second-order valence-electron chi connectivity index (χ2n) is 3.31. The highest BCUT2D eigenvalue weighted by Gasteiger charge is 2.07. The first-order valence-electron chi connectivity index (χ1n) is 4.38. The van der Waals surface area contributed by atoms with Crippen LogP contribution in [-0.4, -0.2) is 32.6 Å². The van der Waals surface area contributed by atoms with Crippen LogP contribution in [0.15, 0.2) is 0 Å². The van der Waals surface area contributed by atoms with E-state index in [0.29, 0.717) is 12.5 Å². The van der Waals surface area contributed by atoms with Crippen molar-refractivity contribution >= 4 is 6.16 Å². The van der Waals surface area contributed by atoms with Crippen LogP contribution in [0.2, 0.25) is 0 Å². The van der Waals surface area contributed by atoms with E-state index in [0.717, 1.165) is 0 Å². The summed E-state index contributed by atoms with van der Waals surface area (Å²) in [6.45, 7) is 6.36. The Labute approximate surface area is 79.2 Å². The molecule has 0 radical (unpaired) electrons. The molecule has 0 spiro atoms. The van der Waals surface area contributed by atoms with Gasteiger partial charge in [-0.1, -0.05) is 13.8 Å². The summed E-state index contributed by atoms with van der Waals surface area (Å²) in [5.74, 6) is 0.326. The van der Waals surface area contributed by atoms with Gasteiger partial charge in [-0.05, 0) is 12.8 Å². The largest absolute Gasteiger partial charge is 0.508 e. The molecule has 4 nitrogen and oxygen atoms in total. The third-order valence-corrected chi connectivity index (χ3v) is 1.37. The minimum Gasteiger partial charge on any atom is -0.434 e. The molecular weight excluding hydrogens is 172 g/mol. The Hall–Kier alpha value is -0.770. The number of methoxy groups -OCH3 is 1. The van der Waals surface area contributed by atoms with E-state index in [4.69, 9.17) is 14.2 Å². The molecule has 78 valence electrons. The normalized spacial score (nSPS) is 12.7. The third kappa shape index (κ3) is 7.59. The van der Waals surface area contributed by atoms with E-state index < -0.39 is 6.16 Å². The van der Waals surface area contributed by atoms with Crippen molar-refractivity contribution in [2.45, 2.75) is 26.9 Å². The molecule has 4 heteroatoms. The molecule has 0 rings (SSSR count). The molecule has 0 aliphatic rings. The van der Waals surface area contributed by atoms with Crippen LogP contribution >= 0.6 is 0 Å². The van der Waals surface area contributed by atoms with Gasteiger partial charge in [-0.2, -0.15) is 0 Å². The van der Waals surface area contributed by atoms with E-state index in [9.17, 15) is 4.79 Å². The van der Waals surface area contributed by atoms with Crippen LogP contribution in [0.1, 0.15) is 20.8 Å². The molecule has 0 aliphatic carbocycles. The summed E-state index contributed by atoms with van der Waals surface area (Å²) in [5, 5.41) is 0. The highest BCUT2D eigenvalue weighted by Crippen LogP contribution is 1.96. The molecule has 0 saturated heterocycles. The summed E-state index contributed by atoms with van der Waals surface area (Å²) in [5.41, 5.74) is 0. The Balaban J connectivity index is 3.40. The van der Waals surface area contributed by atoms with Gasteiger partial charge < -0.3 is 14.2 Å². The standard InChI is InChI=1S/C9H18O4/c1-7(2)5-12-9(10)13-6-8(3)11-4/h7-8H,5-6H2,1-4H3. The van der Waals surface area contributed by atoms with Gasteiger partial charge >= 0.3 is 6.16 Å². The van der Waals surface area contributed by atoms with Crippen molar-refractivity contribution in [3.63, 3.8) is 0 Å². The predicted molar refractivity (Wildman–Crippen MR) is 48.6 cm³/mol. The van der Waals surface area contributed by atoms with E-state index in [1.807, 2.05) is 20.8 Å². The van der Waals surface area contributed by atoms with Gasteiger partial charge in [0.1, 0.15) is 6.61 Å². The van der Waals surface area contributed by atoms with Gasteiger partial charge in [-0.15, -0.1) is 0 Å². The Bertz CT molecular complexity index is 145. The fourth-order valence-electron chi connectivity index (χ4n) is 0.530. The Morgan fingerprint density at radius 3 is 2.15 bits per heavy atom. The van der Waals surface area contributed by atoms with Crippen LogP contribution in [0.4, 0.5) is 4.79 Å². The predicted octanol–water partition coefficient (Wildman–Crippen LogP) is 1.83. The molecule has 1 atom stereocenters. The van der Waals surface area contributed by atoms with Crippen molar-refractivity contribution in [3.8, 4) is 0 Å². The highest BCUT2D eigenvalue weighted by molar-refractivity contribution is 5.59. The molecule has 0 aromatic carbocycles. The molecule has 1 unspecified atom stereocenters. The number of rotatable bonds is 5. The molecule has 0 fully saturated rings. The maximum absolute atomic E-state index is 10.9. The molecule has 0 aromatic rings. The van der Waals surface area contributed by atoms with Gasteiger partial charge in [0.2, 0.25) is 0 Å². The average molecular weight is 190 g/mol. The number of hydrogen-bond acceptors (Lipinski definition) is 4. The van der Waals surface area contributed by atoms with Crippen LogP contribution in [0.3, 0.4) is 0 Å². The fraction of sp³-hybridized carbons (Fsp3) is 0.889. The first-order chi connectivity index (χ1) is 6.06. The maximum atomic E-state index is 10.9. The lowest BCUT2D eigenvalue weighted by Gasteiger charge is -2.11. The van der Waals surface area contributed by atoms with Crippen molar-refractivity contribution in [2.24, 2.45) is 5.92 Å². The Morgan fingerprint density at radius 1 is 1.15 bits per heavy atom. The van der Waals surface area contributed by atoms with Crippen molar-refractivity contribution in [1.29, 1.82) is 0 Å². The minimum absolute atomic E-state index is 0.0911. The van der Waals surface area contributed by atoms with E-state index in [1.54, 1.807) is 7.11 Å². The zero-order valence-corrected chi connectivity index (χ0v) is 8.70. The monoisotopic (exact) mass is 190 g/mol. The summed E-state index contributed by atoms with van der Waals surface area (Å²) in [6.07, 6.45) is -0.718. The summed E-state index contributed by atoms with van der Waals surface area (Å²) >= 11 is 0. The van der Waals surface area contributed by atoms with Crippen LogP contribution in [-0.2, 0) is 14.2 Å². The average Bonchev–Trinajstić information content (AvgIpc) is 2.10. The van der Waals surface area contributed by atoms with Crippen LogP contribution in [0, 0.1) is 5.92 Å². The van der Waals surface area contributed by atoms with E-state index in [2.05, 4.69) is 0 Å². The lowest BCUT2D eigenvalue weighted by Crippen LogP contribution is -2.19. The molecular formula is C9H18O4. The second kappa shape index (κ2) is 6.71. The fourth-order valence-corrected chi connectivity index (χ4v) is 0.530.